The van der Waals surface area contributed by atoms with Crippen LogP contribution < -0.4 is 14.8 Å². The van der Waals surface area contributed by atoms with Gasteiger partial charge in [0.15, 0.2) is 24.7 Å². The van der Waals surface area contributed by atoms with E-state index >= 15 is 0 Å². The van der Waals surface area contributed by atoms with Crippen LogP contribution in [0.1, 0.15) is 31.7 Å². The standard InChI is InChI=1S/C21H25NO5/c1-4-15(2)16-9-11-17(12-10-16)22-20(23)13-27-21(24)14-26-19-8-6-5-7-18(19)25-3/h5-12,15H,4,13-14H2,1-3H3,(H,22,23)/t15-/m0/s1. The summed E-state index contributed by atoms with van der Waals surface area (Å²) in [4.78, 5) is 23.7. The molecule has 1 amide bonds. The summed E-state index contributed by atoms with van der Waals surface area (Å²) in [7, 11) is 1.51. The fourth-order valence-corrected chi connectivity index (χ4v) is 2.39. The average molecular weight is 371 g/mol. The SMILES string of the molecule is CC[C@H](C)c1ccc(NC(=O)COC(=O)COc2ccccc2OC)cc1. The highest BCUT2D eigenvalue weighted by Crippen LogP contribution is 2.25. The van der Waals surface area contributed by atoms with Gasteiger partial charge in [-0.1, -0.05) is 38.1 Å². The Bertz CT molecular complexity index is 757. The van der Waals surface area contributed by atoms with Gasteiger partial charge in [0.1, 0.15) is 0 Å². The molecule has 144 valence electrons. The van der Waals surface area contributed by atoms with Crippen LogP contribution in [0.25, 0.3) is 0 Å². The quantitative estimate of drug-likeness (QED) is 0.679. The zero-order valence-corrected chi connectivity index (χ0v) is 15.9. The van der Waals surface area contributed by atoms with Crippen molar-refractivity contribution in [3.8, 4) is 11.5 Å². The first kappa shape index (κ1) is 20.3. The number of nitrogens with one attached hydrogen (secondary N) is 1. The zero-order chi connectivity index (χ0) is 19.6. The lowest BCUT2D eigenvalue weighted by Crippen LogP contribution is -2.23. The van der Waals surface area contributed by atoms with E-state index in [1.165, 1.54) is 12.7 Å². The zero-order valence-electron chi connectivity index (χ0n) is 15.9. The minimum atomic E-state index is -0.636. The molecule has 0 aliphatic carbocycles. The number of rotatable bonds is 9. The van der Waals surface area contributed by atoms with E-state index in [9.17, 15) is 9.59 Å². The highest BCUT2D eigenvalue weighted by molar-refractivity contribution is 5.92. The molecule has 0 unspecified atom stereocenters. The molecule has 0 saturated carbocycles. The van der Waals surface area contributed by atoms with Gasteiger partial charge in [-0.2, -0.15) is 0 Å². The Labute approximate surface area is 159 Å². The molecule has 0 aromatic heterocycles. The van der Waals surface area contributed by atoms with Gasteiger partial charge in [0.25, 0.3) is 5.91 Å². The summed E-state index contributed by atoms with van der Waals surface area (Å²) in [5, 5.41) is 2.70. The highest BCUT2D eigenvalue weighted by atomic mass is 16.6. The van der Waals surface area contributed by atoms with Crippen molar-refractivity contribution in [2.75, 3.05) is 25.6 Å². The van der Waals surface area contributed by atoms with Gasteiger partial charge in [-0.3, -0.25) is 4.79 Å². The minimum Gasteiger partial charge on any atom is -0.493 e. The molecule has 0 saturated heterocycles. The minimum absolute atomic E-state index is 0.308. The van der Waals surface area contributed by atoms with E-state index in [4.69, 9.17) is 14.2 Å². The van der Waals surface area contributed by atoms with Crippen LogP contribution in [0.3, 0.4) is 0 Å². The summed E-state index contributed by atoms with van der Waals surface area (Å²) in [5.74, 6) is 0.380. The van der Waals surface area contributed by atoms with Gasteiger partial charge < -0.3 is 19.5 Å². The van der Waals surface area contributed by atoms with Crippen LogP contribution in [-0.2, 0) is 14.3 Å². The second-order valence-corrected chi connectivity index (χ2v) is 6.08. The van der Waals surface area contributed by atoms with Crippen LogP contribution >= 0.6 is 0 Å². The number of esters is 1. The summed E-state index contributed by atoms with van der Waals surface area (Å²) in [5.41, 5.74) is 1.88. The Hall–Kier alpha value is -3.02. The van der Waals surface area contributed by atoms with Crippen molar-refractivity contribution in [1.29, 1.82) is 0 Å². The molecule has 6 nitrogen and oxygen atoms in total. The predicted molar refractivity (Wildman–Crippen MR) is 103 cm³/mol. The van der Waals surface area contributed by atoms with Crippen LogP contribution in [0.15, 0.2) is 48.5 Å². The first-order valence-corrected chi connectivity index (χ1v) is 8.84. The summed E-state index contributed by atoms with van der Waals surface area (Å²) >= 11 is 0. The number of carbonyl (C=O) groups is 2. The molecule has 0 heterocycles. The maximum Gasteiger partial charge on any atom is 0.344 e. The number of benzene rings is 2. The number of para-hydroxylation sites is 2. The Kier molecular flexibility index (Phi) is 7.67. The van der Waals surface area contributed by atoms with Crippen molar-refractivity contribution < 1.29 is 23.8 Å². The molecule has 1 atom stereocenters. The normalized spacial score (nSPS) is 11.4. The molecule has 0 aliphatic heterocycles. The summed E-state index contributed by atoms with van der Waals surface area (Å²) in [6, 6.07) is 14.6. The molecule has 6 heteroatoms. The third kappa shape index (κ3) is 6.33. The van der Waals surface area contributed by atoms with E-state index in [0.29, 0.717) is 23.1 Å². The second-order valence-electron chi connectivity index (χ2n) is 6.08. The highest BCUT2D eigenvalue weighted by Gasteiger charge is 2.11. The van der Waals surface area contributed by atoms with E-state index in [1.807, 2.05) is 24.3 Å². The Balaban J connectivity index is 1.75. The van der Waals surface area contributed by atoms with Crippen LogP contribution in [0.5, 0.6) is 11.5 Å². The first-order valence-electron chi connectivity index (χ1n) is 8.84. The number of amides is 1. The van der Waals surface area contributed by atoms with Crippen molar-refractivity contribution in [2.45, 2.75) is 26.2 Å². The van der Waals surface area contributed by atoms with Gasteiger partial charge in [-0.05, 0) is 42.2 Å². The molecule has 0 bridgehead atoms. The molecule has 2 rings (SSSR count). The third-order valence-electron chi connectivity index (χ3n) is 4.15. The number of ether oxygens (including phenoxy) is 3. The van der Waals surface area contributed by atoms with Gasteiger partial charge in [-0.25, -0.2) is 4.79 Å². The van der Waals surface area contributed by atoms with Crippen molar-refractivity contribution >= 4 is 17.6 Å². The maximum absolute atomic E-state index is 11.9. The summed E-state index contributed by atoms with van der Waals surface area (Å²) in [6.45, 7) is 3.60. The Morgan fingerprint density at radius 3 is 2.30 bits per heavy atom. The molecule has 0 fully saturated rings. The van der Waals surface area contributed by atoms with Crippen molar-refractivity contribution in [2.24, 2.45) is 0 Å². The third-order valence-corrected chi connectivity index (χ3v) is 4.15. The molecule has 2 aromatic carbocycles. The van der Waals surface area contributed by atoms with Crippen molar-refractivity contribution in [1.82, 2.24) is 0 Å². The van der Waals surface area contributed by atoms with Gasteiger partial charge in [0, 0.05) is 5.69 Å². The lowest BCUT2D eigenvalue weighted by Gasteiger charge is -2.11. The molecule has 0 aliphatic rings. The molecule has 27 heavy (non-hydrogen) atoms. The molecule has 0 radical (unpaired) electrons. The number of hydrogen-bond donors (Lipinski definition) is 1. The van der Waals surface area contributed by atoms with E-state index in [0.717, 1.165) is 6.42 Å². The van der Waals surface area contributed by atoms with Crippen LogP contribution in [0, 0.1) is 0 Å². The molecular weight excluding hydrogens is 346 g/mol. The van der Waals surface area contributed by atoms with Crippen molar-refractivity contribution in [3.05, 3.63) is 54.1 Å². The summed E-state index contributed by atoms with van der Waals surface area (Å²) in [6.07, 6.45) is 1.05. The van der Waals surface area contributed by atoms with Gasteiger partial charge in [0.2, 0.25) is 0 Å². The van der Waals surface area contributed by atoms with E-state index in [2.05, 4.69) is 19.2 Å². The van der Waals surface area contributed by atoms with E-state index in [1.54, 1.807) is 24.3 Å². The van der Waals surface area contributed by atoms with Gasteiger partial charge in [-0.15, -0.1) is 0 Å². The second kappa shape index (κ2) is 10.2. The number of carbonyl (C=O) groups excluding carboxylic acids is 2. The van der Waals surface area contributed by atoms with E-state index < -0.39 is 11.9 Å². The lowest BCUT2D eigenvalue weighted by molar-refractivity contribution is -0.149. The average Bonchev–Trinajstić information content (AvgIpc) is 2.70. The Morgan fingerprint density at radius 2 is 1.67 bits per heavy atom. The fourth-order valence-electron chi connectivity index (χ4n) is 2.39. The van der Waals surface area contributed by atoms with Crippen LogP contribution in [0.4, 0.5) is 5.69 Å². The number of hydrogen-bond acceptors (Lipinski definition) is 5. The van der Waals surface area contributed by atoms with Crippen LogP contribution in [0.2, 0.25) is 0 Å². The van der Waals surface area contributed by atoms with Gasteiger partial charge in [0.05, 0.1) is 7.11 Å². The Morgan fingerprint density at radius 1 is 1.00 bits per heavy atom. The van der Waals surface area contributed by atoms with Crippen molar-refractivity contribution in [3.63, 3.8) is 0 Å². The molecule has 0 spiro atoms. The molecule has 2 aromatic rings. The van der Waals surface area contributed by atoms with Crippen LogP contribution in [-0.4, -0.2) is 32.2 Å². The summed E-state index contributed by atoms with van der Waals surface area (Å²) < 4.78 is 15.4. The van der Waals surface area contributed by atoms with Gasteiger partial charge >= 0.3 is 5.97 Å². The topological polar surface area (TPSA) is 73.9 Å². The smallest absolute Gasteiger partial charge is 0.344 e. The largest absolute Gasteiger partial charge is 0.493 e. The predicted octanol–water partition coefficient (Wildman–Crippen LogP) is 3.77. The monoisotopic (exact) mass is 371 g/mol. The lowest BCUT2D eigenvalue weighted by atomic mass is 9.99. The molecular formula is C21H25NO5. The maximum atomic E-state index is 11.9. The van der Waals surface area contributed by atoms with E-state index in [-0.39, 0.29) is 13.2 Å². The fraction of sp³-hybridized carbons (Fsp3) is 0.333. The molecule has 1 N–H and O–H groups in total. The first-order chi connectivity index (χ1) is 13.0. The number of methoxy groups -OCH3 is 1. The number of anilines is 1.